The van der Waals surface area contributed by atoms with Gasteiger partial charge in [-0.1, -0.05) is 31.5 Å². The molecule has 5 nitrogen and oxygen atoms in total. The van der Waals surface area contributed by atoms with Crippen LogP contribution < -0.4 is 10.9 Å². The fraction of sp³-hybridized carbons (Fsp3) is 0.304. The van der Waals surface area contributed by atoms with E-state index in [0.717, 1.165) is 27.7 Å². The molecule has 0 aliphatic rings. The number of furan rings is 1. The number of hydrogen-bond donors (Lipinski definition) is 2. The summed E-state index contributed by atoms with van der Waals surface area (Å²) in [6, 6.07) is 9.66. The van der Waals surface area contributed by atoms with Gasteiger partial charge in [0.25, 0.3) is 5.91 Å². The molecule has 146 valence electrons. The highest BCUT2D eigenvalue weighted by atomic mass is 16.3. The van der Waals surface area contributed by atoms with E-state index in [1.807, 2.05) is 32.0 Å². The third-order valence-corrected chi connectivity index (χ3v) is 4.96. The first-order chi connectivity index (χ1) is 13.3. The van der Waals surface area contributed by atoms with Crippen LogP contribution in [-0.2, 0) is 11.2 Å². The standard InChI is InChI=1S/C23H26N2O3/c1-13(2)19-11-20-17(12-28-21(20)9-16(19)5)10-22(26)24-25-23(27)18-7-6-14(3)8-15(18)4/h6-9,11-13H,10H2,1-5H3,(H,24,26)(H,25,27). The van der Waals surface area contributed by atoms with Crippen LogP contribution in [0, 0.1) is 20.8 Å². The quantitative estimate of drug-likeness (QED) is 0.657. The highest BCUT2D eigenvalue weighted by Gasteiger charge is 2.15. The van der Waals surface area contributed by atoms with E-state index in [-0.39, 0.29) is 18.2 Å². The van der Waals surface area contributed by atoms with Crippen molar-refractivity contribution in [1.82, 2.24) is 10.9 Å². The molecule has 1 aromatic heterocycles. The zero-order chi connectivity index (χ0) is 20.4. The zero-order valence-corrected chi connectivity index (χ0v) is 17.0. The van der Waals surface area contributed by atoms with Gasteiger partial charge in [0.15, 0.2) is 0 Å². The number of aryl methyl sites for hydroxylation is 3. The summed E-state index contributed by atoms with van der Waals surface area (Å²) < 4.78 is 5.62. The average molecular weight is 378 g/mol. The Labute approximate surface area is 165 Å². The summed E-state index contributed by atoms with van der Waals surface area (Å²) in [7, 11) is 0. The van der Waals surface area contributed by atoms with Crippen molar-refractivity contribution in [3.8, 4) is 0 Å². The van der Waals surface area contributed by atoms with Crippen LogP contribution in [0.2, 0.25) is 0 Å². The molecular weight excluding hydrogens is 352 g/mol. The lowest BCUT2D eigenvalue weighted by Gasteiger charge is -2.11. The predicted octanol–water partition coefficient (Wildman–Crippen LogP) is 4.49. The number of fused-ring (bicyclic) bond motifs is 1. The highest BCUT2D eigenvalue weighted by Crippen LogP contribution is 2.29. The molecule has 0 spiro atoms. The SMILES string of the molecule is Cc1ccc(C(=O)NNC(=O)Cc2coc3cc(C)c(C(C)C)cc23)c(C)c1. The van der Waals surface area contributed by atoms with Crippen molar-refractivity contribution in [2.24, 2.45) is 0 Å². The van der Waals surface area contributed by atoms with Gasteiger partial charge in [-0.2, -0.15) is 0 Å². The van der Waals surface area contributed by atoms with E-state index >= 15 is 0 Å². The number of carbonyl (C=O) groups is 2. The largest absolute Gasteiger partial charge is 0.464 e. The lowest BCUT2D eigenvalue weighted by Crippen LogP contribution is -2.42. The van der Waals surface area contributed by atoms with Gasteiger partial charge in [0.05, 0.1) is 12.7 Å². The number of carbonyl (C=O) groups excluding carboxylic acids is 2. The lowest BCUT2D eigenvalue weighted by atomic mass is 9.95. The number of benzene rings is 2. The summed E-state index contributed by atoms with van der Waals surface area (Å²) in [5.41, 5.74) is 11.4. The molecule has 0 aliphatic carbocycles. The Bertz CT molecular complexity index is 1050. The first-order valence-corrected chi connectivity index (χ1v) is 9.43. The van der Waals surface area contributed by atoms with Crippen molar-refractivity contribution in [2.45, 2.75) is 47.0 Å². The minimum atomic E-state index is -0.333. The number of nitrogens with one attached hydrogen (secondary N) is 2. The van der Waals surface area contributed by atoms with Crippen LogP contribution >= 0.6 is 0 Å². The van der Waals surface area contributed by atoms with Gasteiger partial charge in [0, 0.05) is 16.5 Å². The number of hydrogen-bond acceptors (Lipinski definition) is 3. The molecule has 0 saturated carbocycles. The van der Waals surface area contributed by atoms with E-state index in [1.54, 1.807) is 12.3 Å². The summed E-state index contributed by atoms with van der Waals surface area (Å²) in [6.45, 7) is 10.2. The summed E-state index contributed by atoms with van der Waals surface area (Å²) in [5, 5.41) is 0.935. The molecular formula is C23H26N2O3. The Morgan fingerprint density at radius 1 is 1.00 bits per heavy atom. The molecule has 0 atom stereocenters. The van der Waals surface area contributed by atoms with Crippen molar-refractivity contribution < 1.29 is 14.0 Å². The highest BCUT2D eigenvalue weighted by molar-refractivity contribution is 5.97. The predicted molar refractivity (Wildman–Crippen MR) is 110 cm³/mol. The second-order valence-electron chi connectivity index (χ2n) is 7.62. The van der Waals surface area contributed by atoms with Crippen molar-refractivity contribution >= 4 is 22.8 Å². The summed E-state index contributed by atoms with van der Waals surface area (Å²) in [6.07, 6.45) is 1.74. The van der Waals surface area contributed by atoms with Crippen LogP contribution in [-0.4, -0.2) is 11.8 Å². The van der Waals surface area contributed by atoms with E-state index in [0.29, 0.717) is 11.5 Å². The second-order valence-corrected chi connectivity index (χ2v) is 7.62. The van der Waals surface area contributed by atoms with E-state index in [1.165, 1.54) is 11.1 Å². The van der Waals surface area contributed by atoms with Gasteiger partial charge in [0.2, 0.25) is 5.91 Å². The van der Waals surface area contributed by atoms with Crippen LogP contribution in [0.15, 0.2) is 41.0 Å². The molecule has 0 aliphatic heterocycles. The van der Waals surface area contributed by atoms with Crippen LogP contribution in [0.25, 0.3) is 11.0 Å². The van der Waals surface area contributed by atoms with Gasteiger partial charge in [-0.25, -0.2) is 0 Å². The maximum absolute atomic E-state index is 12.3. The average Bonchev–Trinajstić information content (AvgIpc) is 3.00. The fourth-order valence-electron chi connectivity index (χ4n) is 3.48. The number of rotatable bonds is 4. The molecule has 3 rings (SSSR count). The second kappa shape index (κ2) is 7.89. The molecule has 2 N–H and O–H groups in total. The third-order valence-electron chi connectivity index (χ3n) is 4.96. The molecule has 1 heterocycles. The Hall–Kier alpha value is -3.08. The molecule has 0 fully saturated rings. The topological polar surface area (TPSA) is 71.3 Å². The van der Waals surface area contributed by atoms with Gasteiger partial charge >= 0.3 is 0 Å². The number of hydrazine groups is 1. The molecule has 0 unspecified atom stereocenters. The van der Waals surface area contributed by atoms with Crippen LogP contribution in [0.5, 0.6) is 0 Å². The van der Waals surface area contributed by atoms with Gasteiger partial charge in [-0.3, -0.25) is 20.4 Å². The van der Waals surface area contributed by atoms with Crippen LogP contribution in [0.4, 0.5) is 0 Å². The van der Waals surface area contributed by atoms with Crippen LogP contribution in [0.1, 0.15) is 57.9 Å². The number of amides is 2. The molecule has 0 saturated heterocycles. The van der Waals surface area contributed by atoms with Crippen LogP contribution in [0.3, 0.4) is 0 Å². The molecule has 0 radical (unpaired) electrons. The Morgan fingerprint density at radius 2 is 1.75 bits per heavy atom. The smallest absolute Gasteiger partial charge is 0.269 e. The molecule has 2 aromatic carbocycles. The van der Waals surface area contributed by atoms with E-state index in [2.05, 4.69) is 37.7 Å². The Morgan fingerprint density at radius 3 is 2.43 bits per heavy atom. The van der Waals surface area contributed by atoms with E-state index in [4.69, 9.17) is 4.42 Å². The summed E-state index contributed by atoms with van der Waals surface area (Å²) >= 11 is 0. The summed E-state index contributed by atoms with van der Waals surface area (Å²) in [4.78, 5) is 24.7. The minimum Gasteiger partial charge on any atom is -0.464 e. The third kappa shape index (κ3) is 4.09. The van der Waals surface area contributed by atoms with Crippen molar-refractivity contribution in [3.05, 3.63) is 70.0 Å². The van der Waals surface area contributed by atoms with Crippen molar-refractivity contribution in [3.63, 3.8) is 0 Å². The lowest BCUT2D eigenvalue weighted by molar-refractivity contribution is -0.121. The first-order valence-electron chi connectivity index (χ1n) is 9.43. The Kier molecular flexibility index (Phi) is 5.54. The first kappa shape index (κ1) is 19.7. The normalized spacial score (nSPS) is 11.1. The van der Waals surface area contributed by atoms with Gasteiger partial charge in [-0.05, 0) is 61.6 Å². The van der Waals surface area contributed by atoms with E-state index in [9.17, 15) is 9.59 Å². The molecule has 0 bridgehead atoms. The van der Waals surface area contributed by atoms with E-state index < -0.39 is 0 Å². The van der Waals surface area contributed by atoms with Gasteiger partial charge < -0.3 is 4.42 Å². The Balaban J connectivity index is 1.69. The van der Waals surface area contributed by atoms with Crippen molar-refractivity contribution in [1.29, 1.82) is 0 Å². The monoisotopic (exact) mass is 378 g/mol. The summed E-state index contributed by atoms with van der Waals surface area (Å²) in [5.74, 6) is -0.244. The molecule has 5 heteroatoms. The maximum Gasteiger partial charge on any atom is 0.269 e. The van der Waals surface area contributed by atoms with Gasteiger partial charge in [-0.15, -0.1) is 0 Å². The zero-order valence-electron chi connectivity index (χ0n) is 17.0. The van der Waals surface area contributed by atoms with Gasteiger partial charge in [0.1, 0.15) is 5.58 Å². The minimum absolute atomic E-state index is 0.126. The maximum atomic E-state index is 12.3. The molecule has 28 heavy (non-hydrogen) atoms. The van der Waals surface area contributed by atoms with Crippen molar-refractivity contribution in [2.75, 3.05) is 0 Å². The fourth-order valence-corrected chi connectivity index (χ4v) is 3.48. The molecule has 2 amide bonds. The molecule has 3 aromatic rings.